The number of likely N-dealkylation sites (tertiary alicyclic amines) is 1. The van der Waals surface area contributed by atoms with Gasteiger partial charge in [0, 0.05) is 43.7 Å². The fourth-order valence-electron chi connectivity index (χ4n) is 4.10. The Morgan fingerprint density at radius 2 is 1.69 bits per heavy atom. The maximum absolute atomic E-state index is 13.4. The molecule has 2 heterocycles. The molecule has 1 saturated carbocycles. The van der Waals surface area contributed by atoms with Crippen LogP contribution in [0.4, 0.5) is 19.3 Å². The third-order valence-electron chi connectivity index (χ3n) is 6.32. The zero-order valence-electron chi connectivity index (χ0n) is 19.4. The summed E-state index contributed by atoms with van der Waals surface area (Å²) >= 11 is 0. The molecule has 0 atom stereocenters. The molecular formula is C23H28F2N8O2. The van der Waals surface area contributed by atoms with Crippen LogP contribution >= 0.6 is 0 Å². The first-order chi connectivity index (χ1) is 16.8. The summed E-state index contributed by atoms with van der Waals surface area (Å²) in [6.07, 6.45) is 6.12. The molecule has 10 nitrogen and oxygen atoms in total. The van der Waals surface area contributed by atoms with Crippen LogP contribution in [0.5, 0.6) is 0 Å². The minimum atomic E-state index is -0.670. The Balaban J connectivity index is 0.000000795. The van der Waals surface area contributed by atoms with E-state index >= 15 is 0 Å². The van der Waals surface area contributed by atoms with Crippen LogP contribution in [-0.4, -0.2) is 52.9 Å². The Morgan fingerprint density at radius 3 is 2.17 bits per heavy atom. The van der Waals surface area contributed by atoms with E-state index in [4.69, 9.17) is 11.1 Å². The first-order valence-corrected chi connectivity index (χ1v) is 11.3. The predicted molar refractivity (Wildman–Crippen MR) is 124 cm³/mol. The van der Waals surface area contributed by atoms with E-state index in [1.807, 2.05) is 4.90 Å². The fourth-order valence-corrected chi connectivity index (χ4v) is 4.10. The van der Waals surface area contributed by atoms with Crippen molar-refractivity contribution in [1.29, 1.82) is 11.1 Å². The number of carbonyl (C=O) groups excluding carboxylic acids is 2. The number of nitrogens with one attached hydrogen (secondary N) is 3. The molecule has 2 fully saturated rings. The van der Waals surface area contributed by atoms with Crippen molar-refractivity contribution in [1.82, 2.24) is 14.8 Å². The van der Waals surface area contributed by atoms with Crippen LogP contribution in [0, 0.1) is 28.6 Å². The molecule has 3 N–H and O–H groups in total. The second-order valence-electron chi connectivity index (χ2n) is 8.52. The Hall–Kier alpha value is -3.83. The van der Waals surface area contributed by atoms with E-state index in [2.05, 4.69) is 20.7 Å². The number of rotatable bonds is 5. The summed E-state index contributed by atoms with van der Waals surface area (Å²) in [7, 11) is 1.75. The highest BCUT2D eigenvalue weighted by Crippen LogP contribution is 2.30. The predicted octanol–water partition coefficient (Wildman–Crippen LogP) is 5.24. The van der Waals surface area contributed by atoms with E-state index < -0.39 is 11.6 Å². The van der Waals surface area contributed by atoms with Crippen LogP contribution in [0.1, 0.15) is 32.1 Å². The average molecular weight is 487 g/mol. The number of benzene rings is 1. The molecule has 1 aliphatic heterocycles. The highest BCUT2D eigenvalue weighted by Gasteiger charge is 2.33. The molecular weight excluding hydrogens is 458 g/mol. The van der Waals surface area contributed by atoms with E-state index in [0.29, 0.717) is 30.0 Å². The summed E-state index contributed by atoms with van der Waals surface area (Å²) in [5, 5.41) is 7.36. The zero-order chi connectivity index (χ0) is 25.4. The molecule has 0 unspecified atom stereocenters. The quantitative estimate of drug-likeness (QED) is 0.393. The maximum atomic E-state index is 13.4. The van der Waals surface area contributed by atoms with Crippen LogP contribution in [-0.2, 0) is 4.79 Å². The van der Waals surface area contributed by atoms with Crippen LogP contribution < -0.4 is 5.32 Å². The van der Waals surface area contributed by atoms with Gasteiger partial charge in [0.05, 0.1) is 17.6 Å². The Bertz CT molecular complexity index is 1030. The number of anilines is 1. The minimum Gasteiger partial charge on any atom is -0.342 e. The second-order valence-corrected chi connectivity index (χ2v) is 8.52. The van der Waals surface area contributed by atoms with Gasteiger partial charge in [-0.15, -0.1) is 0 Å². The smallest absolute Gasteiger partial charge is 0.321 e. The molecule has 35 heavy (non-hydrogen) atoms. The third-order valence-corrected chi connectivity index (χ3v) is 6.32. The normalized spacial score (nSPS) is 15.8. The lowest BCUT2D eigenvalue weighted by molar-refractivity contribution is -0.139. The number of carbonyl (C=O) groups is 2. The van der Waals surface area contributed by atoms with Crippen LogP contribution in [0.3, 0.4) is 0 Å². The van der Waals surface area contributed by atoms with Crippen LogP contribution in [0.25, 0.3) is 11.3 Å². The monoisotopic (exact) mass is 486 g/mol. The van der Waals surface area contributed by atoms with Gasteiger partial charge in [-0.1, -0.05) is 6.42 Å². The lowest BCUT2D eigenvalue weighted by atomic mass is 9.84. The van der Waals surface area contributed by atoms with Crippen molar-refractivity contribution in [3.8, 4) is 11.3 Å². The summed E-state index contributed by atoms with van der Waals surface area (Å²) < 4.78 is 26.8. The Kier molecular flexibility index (Phi) is 8.87. The number of amides is 3. The van der Waals surface area contributed by atoms with Gasteiger partial charge in [0.1, 0.15) is 11.6 Å². The van der Waals surface area contributed by atoms with Crippen molar-refractivity contribution in [3.05, 3.63) is 48.2 Å². The van der Waals surface area contributed by atoms with Gasteiger partial charge < -0.3 is 15.1 Å². The van der Waals surface area contributed by atoms with Crippen molar-refractivity contribution in [2.75, 3.05) is 25.5 Å². The van der Waals surface area contributed by atoms with Crippen molar-refractivity contribution in [3.63, 3.8) is 0 Å². The standard InChI is InChI=1S/C23H26F2N4O2.H2N4/c1-28(20-7-9-29(10-8-20)22(30)15-3-2-4-15)23(31)27-19-5-6-21(26-14-19)16-11-17(24)13-18(25)12-16;1-3-4-2/h5-6,11-15,20H,2-4,7-10H2,1H3,(H,27,31);1-2H. The Labute approximate surface area is 201 Å². The number of halogens is 2. The van der Waals surface area contributed by atoms with Gasteiger partial charge in [-0.05, 0) is 60.4 Å². The highest BCUT2D eigenvalue weighted by atomic mass is 19.1. The van der Waals surface area contributed by atoms with Crippen molar-refractivity contribution in [2.45, 2.75) is 38.1 Å². The second kappa shape index (κ2) is 12.0. The van der Waals surface area contributed by atoms with Crippen molar-refractivity contribution < 1.29 is 18.4 Å². The average Bonchev–Trinajstić information content (AvgIpc) is 2.82. The number of pyridine rings is 1. The maximum Gasteiger partial charge on any atom is 0.321 e. The summed E-state index contributed by atoms with van der Waals surface area (Å²) in [5.41, 5.74) is 12.7. The molecule has 1 saturated heterocycles. The molecule has 4 rings (SSSR count). The van der Waals surface area contributed by atoms with E-state index in [-0.39, 0.29) is 23.9 Å². The fraction of sp³-hybridized carbons (Fsp3) is 0.435. The number of aromatic nitrogens is 1. The molecule has 3 amide bonds. The van der Waals surface area contributed by atoms with Gasteiger partial charge in [-0.25, -0.2) is 13.6 Å². The molecule has 1 aromatic heterocycles. The van der Waals surface area contributed by atoms with Gasteiger partial charge in [0.2, 0.25) is 5.91 Å². The molecule has 0 spiro atoms. The van der Waals surface area contributed by atoms with Gasteiger partial charge >= 0.3 is 6.03 Å². The number of hydrogen-bond donors (Lipinski definition) is 3. The minimum absolute atomic E-state index is 0.0629. The van der Waals surface area contributed by atoms with Gasteiger partial charge in [0.15, 0.2) is 0 Å². The highest BCUT2D eigenvalue weighted by molar-refractivity contribution is 5.89. The summed E-state index contributed by atoms with van der Waals surface area (Å²) in [5.74, 6) is -0.870. The number of urea groups is 1. The number of hydrogen-bond acceptors (Lipinski definition) is 5. The van der Waals surface area contributed by atoms with E-state index in [1.165, 1.54) is 18.3 Å². The summed E-state index contributed by atoms with van der Waals surface area (Å²) in [6.45, 7) is 1.36. The van der Waals surface area contributed by atoms with E-state index in [9.17, 15) is 18.4 Å². The van der Waals surface area contributed by atoms with E-state index in [1.54, 1.807) is 24.1 Å². The SMILES string of the molecule is CN(C(=O)Nc1ccc(-c2cc(F)cc(F)c2)nc1)C1CCN(C(=O)C2CCC2)CC1.N=NN=N. The summed E-state index contributed by atoms with van der Waals surface area (Å²) in [6, 6.07) is 6.29. The molecule has 1 aliphatic carbocycles. The molecule has 12 heteroatoms. The first-order valence-electron chi connectivity index (χ1n) is 11.3. The molecule has 1 aromatic carbocycles. The van der Waals surface area contributed by atoms with Gasteiger partial charge in [-0.2, -0.15) is 11.1 Å². The van der Waals surface area contributed by atoms with Gasteiger partial charge in [0.25, 0.3) is 0 Å². The van der Waals surface area contributed by atoms with Crippen molar-refractivity contribution in [2.24, 2.45) is 16.4 Å². The molecule has 2 aromatic rings. The van der Waals surface area contributed by atoms with Gasteiger partial charge in [-0.3, -0.25) is 9.78 Å². The number of nitrogens with zero attached hydrogens (tertiary/aromatic N) is 5. The summed E-state index contributed by atoms with van der Waals surface area (Å²) in [4.78, 5) is 32.8. The zero-order valence-corrected chi connectivity index (χ0v) is 19.4. The topological polar surface area (TPSA) is 138 Å². The molecule has 0 bridgehead atoms. The van der Waals surface area contributed by atoms with Crippen LogP contribution in [0.2, 0.25) is 0 Å². The lowest BCUT2D eigenvalue weighted by Crippen LogP contribution is -2.50. The largest absolute Gasteiger partial charge is 0.342 e. The first kappa shape index (κ1) is 25.8. The molecule has 186 valence electrons. The third kappa shape index (κ3) is 6.84. The lowest BCUT2D eigenvalue weighted by Gasteiger charge is -2.39. The van der Waals surface area contributed by atoms with Crippen LogP contribution in [0.15, 0.2) is 47.0 Å². The number of piperidine rings is 1. The molecule has 2 aliphatic rings. The van der Waals surface area contributed by atoms with E-state index in [0.717, 1.165) is 38.2 Å². The Morgan fingerprint density at radius 1 is 1.06 bits per heavy atom. The van der Waals surface area contributed by atoms with Crippen molar-refractivity contribution >= 4 is 17.6 Å². The molecule has 0 radical (unpaired) electrons.